The van der Waals surface area contributed by atoms with Crippen molar-refractivity contribution in [1.82, 2.24) is 72.4 Å². The quantitative estimate of drug-likeness (QED) is 0.0241. The monoisotopic (exact) mass is 1520 g/mol. The van der Waals surface area contributed by atoms with Gasteiger partial charge >= 0.3 is 0 Å². The van der Waals surface area contributed by atoms with Gasteiger partial charge < -0.3 is 91.6 Å². The minimum atomic E-state index is -0.758. The number of imide groups is 1. The zero-order valence-electron chi connectivity index (χ0n) is 62.3. The molecule has 0 aromatic heterocycles. The number of para-hydroxylation sites is 3. The van der Waals surface area contributed by atoms with Gasteiger partial charge in [0.2, 0.25) is 17.7 Å². The Labute approximate surface area is 634 Å². The topological polar surface area (TPSA) is 428 Å². The van der Waals surface area contributed by atoms with Gasteiger partial charge in [-0.2, -0.15) is 0 Å². The number of ether oxygens (including phenoxy) is 6. The standard InChI is InChI=1S/C75H106N14O20/c1-104-43-45-108-49-47-106-41-39-86-32-23-78-69(97)54-10-5-9-53(51-54)68(96)77-22-30-85(31-24-79-70(98)56-12-6-13-57(65(56)93)71(99)80-25-33-86)37-38-88-36-28-83-73(101)59-15-7-14-58(66(59)94)72(100)81-26-34-87(40-42-107-48-50-109-46-44-105-2)35-27-82-74(102)60-16-8-17-61(67(60)95)75(103)84-55(52-88)11-3-4-21-76-62(90)20-29-89-63(91)18-19-64(89)92/h5-10,12-17,51,55,93-95H,3-4,11,18-50,52H2,1-2H3,(H,76,90)(H,77,96)(H,78,97)(H,79,98)(H,80,99)(H,81,100)(H,82,102)(H,83,101)(H,84,103). The van der Waals surface area contributed by atoms with Gasteiger partial charge in [-0.3, -0.25) is 77.2 Å². The van der Waals surface area contributed by atoms with Crippen LogP contribution in [-0.2, 0) is 42.8 Å². The summed E-state index contributed by atoms with van der Waals surface area (Å²) in [6, 6.07) is 18.1. The molecule has 1 unspecified atom stereocenters. The number of hydrogen-bond donors (Lipinski definition) is 12. The van der Waals surface area contributed by atoms with Crippen molar-refractivity contribution in [3.63, 3.8) is 0 Å². The molecule has 8 bridgehead atoms. The first kappa shape index (κ1) is 86.5. The highest BCUT2D eigenvalue weighted by Gasteiger charge is 2.30. The minimum Gasteiger partial charge on any atom is -0.506 e. The molecule has 109 heavy (non-hydrogen) atoms. The third-order valence-electron chi connectivity index (χ3n) is 18.2. The number of fused-ring (bicyclic) bond motifs is 8. The van der Waals surface area contributed by atoms with E-state index in [-0.39, 0.29) is 206 Å². The van der Waals surface area contributed by atoms with Crippen LogP contribution in [0, 0.1) is 0 Å². The normalized spacial score (nSPS) is 17.7. The first-order chi connectivity index (χ1) is 52.8. The van der Waals surface area contributed by atoms with Crippen LogP contribution in [0.1, 0.15) is 121 Å². The van der Waals surface area contributed by atoms with Gasteiger partial charge in [0, 0.05) is 188 Å². The molecule has 4 aromatic carbocycles. The fraction of sp³-hybridized carbons (Fsp3) is 0.533. The average Bonchev–Trinajstić information content (AvgIpc) is 1.42. The Morgan fingerprint density at radius 1 is 0.404 bits per heavy atom. The molecule has 0 spiro atoms. The van der Waals surface area contributed by atoms with E-state index in [0.29, 0.717) is 98.5 Å². The van der Waals surface area contributed by atoms with E-state index >= 15 is 0 Å². The number of likely N-dealkylation sites (tertiary alicyclic amines) is 1. The van der Waals surface area contributed by atoms with Crippen LogP contribution in [0.5, 0.6) is 17.2 Å². The van der Waals surface area contributed by atoms with Crippen LogP contribution in [-0.4, -0.2) is 329 Å². The van der Waals surface area contributed by atoms with Crippen molar-refractivity contribution < 1.29 is 96.5 Å². The third-order valence-corrected chi connectivity index (χ3v) is 18.2. The lowest BCUT2D eigenvalue weighted by Crippen LogP contribution is -2.49. The SMILES string of the molecule is COCCOCCOCCN1CCNC(=O)c2cccc(c2)C(=O)NCCN(CCN2CCNC(=O)c3cccc(c3O)C(=O)NCCN(CCOCCOCCOC)CCNC(=O)c3cccc(c3O)C(=O)NC(CCCCNC(=O)CCN3C(=O)CCC3=O)C2)CCNC(=O)c2cccc(c2O)C(=O)NCC1. The van der Waals surface area contributed by atoms with Crippen molar-refractivity contribution in [3.8, 4) is 17.2 Å². The number of unbranched alkanes of at least 4 members (excludes halogenated alkanes) is 1. The van der Waals surface area contributed by atoms with Gasteiger partial charge in [-0.05, 0) is 73.9 Å². The van der Waals surface area contributed by atoms with E-state index in [9.17, 15) is 68.1 Å². The number of phenols is 3. The molecule has 0 saturated carbocycles. The lowest BCUT2D eigenvalue weighted by molar-refractivity contribution is -0.138. The fourth-order valence-corrected chi connectivity index (χ4v) is 12.1. The molecule has 7 rings (SSSR count). The van der Waals surface area contributed by atoms with Crippen molar-refractivity contribution in [3.05, 3.63) is 123 Å². The van der Waals surface area contributed by atoms with Gasteiger partial charge in [-0.1, -0.05) is 24.3 Å². The summed E-state index contributed by atoms with van der Waals surface area (Å²) in [6.45, 7) is 6.86. The molecule has 596 valence electrons. The van der Waals surface area contributed by atoms with Crippen LogP contribution in [0.15, 0.2) is 78.9 Å². The summed E-state index contributed by atoms with van der Waals surface area (Å²) >= 11 is 0. The largest absolute Gasteiger partial charge is 0.506 e. The number of hydrogen-bond acceptors (Lipinski definition) is 24. The first-order valence-electron chi connectivity index (χ1n) is 37.0. The molecule has 3 aliphatic rings. The number of nitrogens with one attached hydrogen (secondary N) is 9. The van der Waals surface area contributed by atoms with Crippen molar-refractivity contribution in [2.75, 3.05) is 218 Å². The van der Waals surface area contributed by atoms with Gasteiger partial charge in [-0.15, -0.1) is 0 Å². The number of amides is 11. The van der Waals surface area contributed by atoms with E-state index in [1.54, 1.807) is 32.4 Å². The summed E-state index contributed by atoms with van der Waals surface area (Å²) in [4.78, 5) is 158. The molecular weight excluding hydrogens is 1420 g/mol. The van der Waals surface area contributed by atoms with Crippen molar-refractivity contribution in [2.45, 2.75) is 44.6 Å². The predicted octanol–water partition coefficient (Wildman–Crippen LogP) is -0.469. The Kier molecular flexibility index (Phi) is 38.0. The second-order valence-corrected chi connectivity index (χ2v) is 25.9. The maximum atomic E-state index is 14.7. The Morgan fingerprint density at radius 3 is 1.13 bits per heavy atom. The van der Waals surface area contributed by atoms with E-state index in [1.165, 1.54) is 60.7 Å². The van der Waals surface area contributed by atoms with Crippen LogP contribution >= 0.6 is 0 Å². The second kappa shape index (κ2) is 47.9. The summed E-state index contributed by atoms with van der Waals surface area (Å²) < 4.78 is 32.6. The molecule has 0 radical (unpaired) electrons. The maximum Gasteiger partial charge on any atom is 0.255 e. The van der Waals surface area contributed by atoms with Gasteiger partial charge in [-0.25, -0.2) is 0 Å². The fourth-order valence-electron chi connectivity index (χ4n) is 12.1. The van der Waals surface area contributed by atoms with Crippen LogP contribution < -0.4 is 47.9 Å². The highest BCUT2D eigenvalue weighted by atomic mass is 16.5. The predicted molar refractivity (Wildman–Crippen MR) is 399 cm³/mol. The summed E-state index contributed by atoms with van der Waals surface area (Å²) in [5.74, 6) is -7.82. The Bertz CT molecular complexity index is 3650. The summed E-state index contributed by atoms with van der Waals surface area (Å²) in [5, 5.41) is 60.6. The van der Waals surface area contributed by atoms with E-state index in [0.717, 1.165) is 4.90 Å². The summed E-state index contributed by atoms with van der Waals surface area (Å²) in [7, 11) is 3.15. The lowest BCUT2D eigenvalue weighted by atomic mass is 10.0. The first-order valence-corrected chi connectivity index (χ1v) is 37.0. The van der Waals surface area contributed by atoms with E-state index in [4.69, 9.17) is 28.4 Å². The number of benzene rings is 4. The number of methoxy groups -OCH3 is 2. The molecule has 3 heterocycles. The van der Waals surface area contributed by atoms with E-state index in [1.807, 2.05) is 19.6 Å². The van der Waals surface area contributed by atoms with Gasteiger partial charge in [0.15, 0.2) is 0 Å². The number of rotatable bonds is 29. The number of aromatic hydroxyl groups is 3. The van der Waals surface area contributed by atoms with Gasteiger partial charge in [0.1, 0.15) is 17.2 Å². The Morgan fingerprint density at radius 2 is 0.734 bits per heavy atom. The highest BCUT2D eigenvalue weighted by Crippen LogP contribution is 2.26. The molecule has 11 amide bonds. The third kappa shape index (κ3) is 29.6. The number of carbonyl (C=O) groups excluding carboxylic acids is 11. The minimum absolute atomic E-state index is 0.0257. The molecular formula is C75H106N14O20. The molecule has 12 N–H and O–H groups in total. The molecule has 34 heteroatoms. The average molecular weight is 1520 g/mol. The Balaban J connectivity index is 1.13. The maximum absolute atomic E-state index is 14.7. The van der Waals surface area contributed by atoms with Crippen LogP contribution in [0.25, 0.3) is 0 Å². The molecule has 1 saturated heterocycles. The summed E-state index contributed by atoms with van der Waals surface area (Å²) in [5.41, 5.74) is -0.649. The van der Waals surface area contributed by atoms with Crippen molar-refractivity contribution in [1.29, 1.82) is 0 Å². The van der Waals surface area contributed by atoms with Crippen LogP contribution in [0.3, 0.4) is 0 Å². The van der Waals surface area contributed by atoms with Gasteiger partial charge in [0.25, 0.3) is 47.3 Å². The van der Waals surface area contributed by atoms with Crippen molar-refractivity contribution in [2.24, 2.45) is 0 Å². The molecule has 3 aliphatic heterocycles. The summed E-state index contributed by atoms with van der Waals surface area (Å²) in [6.07, 6.45) is 1.14. The van der Waals surface area contributed by atoms with E-state index < -0.39 is 70.5 Å². The number of phenolic OH excluding ortho intramolecular Hbond substituents is 3. The molecule has 0 aliphatic carbocycles. The van der Waals surface area contributed by atoms with Crippen LogP contribution in [0.2, 0.25) is 0 Å². The smallest absolute Gasteiger partial charge is 0.255 e. The lowest BCUT2D eigenvalue weighted by Gasteiger charge is -2.31. The molecule has 34 nitrogen and oxygen atoms in total. The van der Waals surface area contributed by atoms with Crippen molar-refractivity contribution >= 4 is 65.0 Å². The zero-order chi connectivity index (χ0) is 78.1. The Hall–Kier alpha value is -9.75. The second-order valence-electron chi connectivity index (χ2n) is 25.9. The van der Waals surface area contributed by atoms with Gasteiger partial charge in [0.05, 0.1) is 99.4 Å². The highest BCUT2D eigenvalue weighted by molar-refractivity contribution is 6.06. The number of carbonyl (C=O) groups is 11. The number of nitrogens with zero attached hydrogens (tertiary/aromatic N) is 5. The molecule has 4 aromatic rings. The molecule has 1 fully saturated rings. The zero-order valence-corrected chi connectivity index (χ0v) is 62.3. The molecule has 1 atom stereocenters. The van der Waals surface area contributed by atoms with Crippen LogP contribution in [0.4, 0.5) is 0 Å². The van der Waals surface area contributed by atoms with E-state index in [2.05, 4.69) is 47.9 Å².